The number of benzene rings is 3. The Labute approximate surface area is 230 Å². The molecule has 0 saturated heterocycles. The summed E-state index contributed by atoms with van der Waals surface area (Å²) < 4.78 is 14.4. The molecule has 0 aliphatic rings. The Morgan fingerprint density at radius 2 is 1.66 bits per heavy atom. The Balaban J connectivity index is 1.15. The molecule has 0 fully saturated rings. The van der Waals surface area contributed by atoms with Gasteiger partial charge in [-0.25, -0.2) is 0 Å². The molecule has 0 aliphatic heterocycles. The summed E-state index contributed by atoms with van der Waals surface area (Å²) in [6.45, 7) is 5.25. The smallest absolute Gasteiger partial charge is 0.291 e. The highest BCUT2D eigenvalue weighted by Crippen LogP contribution is 2.32. The first kappa shape index (κ1) is 25.5. The van der Waals surface area contributed by atoms with Gasteiger partial charge >= 0.3 is 0 Å². The van der Waals surface area contributed by atoms with Gasteiger partial charge in [0.25, 0.3) is 5.91 Å². The lowest BCUT2D eigenvalue weighted by Crippen LogP contribution is -2.18. The highest BCUT2D eigenvalue weighted by Gasteiger charge is 2.22. The highest BCUT2D eigenvalue weighted by atomic mass is 79.9. The molecule has 38 heavy (non-hydrogen) atoms. The van der Waals surface area contributed by atoms with Crippen LogP contribution in [0.1, 0.15) is 46.9 Å². The molecule has 7 heteroatoms. The van der Waals surface area contributed by atoms with Gasteiger partial charge in [-0.2, -0.15) is 5.10 Å². The monoisotopic (exact) mass is 569 g/mol. The number of halogens is 1. The van der Waals surface area contributed by atoms with Crippen molar-refractivity contribution in [2.45, 2.75) is 32.4 Å². The van der Waals surface area contributed by atoms with E-state index in [4.69, 9.17) is 9.15 Å². The number of carbonyl (C=O) groups excluding carboxylic acids is 1. The summed E-state index contributed by atoms with van der Waals surface area (Å²) in [6, 6.07) is 29.9. The van der Waals surface area contributed by atoms with Crippen molar-refractivity contribution >= 4 is 27.5 Å². The number of aromatic nitrogens is 2. The van der Waals surface area contributed by atoms with E-state index < -0.39 is 0 Å². The van der Waals surface area contributed by atoms with E-state index in [1.807, 2.05) is 42.5 Å². The first-order valence-corrected chi connectivity index (χ1v) is 13.1. The van der Waals surface area contributed by atoms with E-state index in [9.17, 15) is 4.79 Å². The summed E-state index contributed by atoms with van der Waals surface area (Å²) in [5.41, 5.74) is 4.05. The molecule has 2 heterocycles. The molecule has 5 rings (SSSR count). The molecular formula is C31H28BrN3O3. The number of amides is 1. The number of ether oxygens (including phenoxy) is 1. The van der Waals surface area contributed by atoms with Crippen molar-refractivity contribution in [1.29, 1.82) is 0 Å². The van der Waals surface area contributed by atoms with Crippen LogP contribution in [-0.2, 0) is 18.6 Å². The van der Waals surface area contributed by atoms with Gasteiger partial charge in [0.15, 0.2) is 5.76 Å². The number of nitrogens with zero attached hydrogens (tertiary/aromatic N) is 2. The molecule has 0 bridgehead atoms. The van der Waals surface area contributed by atoms with Crippen LogP contribution in [0.2, 0.25) is 0 Å². The molecule has 2 aromatic heterocycles. The largest absolute Gasteiger partial charge is 0.486 e. The number of furan rings is 1. The number of hydrogen-bond donors (Lipinski definition) is 1. The first-order valence-electron chi connectivity index (χ1n) is 12.3. The second-order valence-electron chi connectivity index (χ2n) is 9.58. The molecule has 5 aromatic rings. The summed E-state index contributed by atoms with van der Waals surface area (Å²) in [5, 5.41) is 7.16. The zero-order chi connectivity index (χ0) is 26.5. The molecule has 0 unspecified atom stereocenters. The van der Waals surface area contributed by atoms with E-state index in [2.05, 4.69) is 76.6 Å². The van der Waals surface area contributed by atoms with Crippen LogP contribution in [0.25, 0.3) is 0 Å². The van der Waals surface area contributed by atoms with Crippen LogP contribution in [0, 0.1) is 0 Å². The van der Waals surface area contributed by atoms with Crippen LogP contribution < -0.4 is 10.1 Å². The zero-order valence-corrected chi connectivity index (χ0v) is 22.8. The number of carbonyl (C=O) groups is 1. The van der Waals surface area contributed by atoms with Gasteiger partial charge in [0.05, 0.1) is 18.4 Å². The lowest BCUT2D eigenvalue weighted by atomic mass is 9.78. The molecule has 192 valence electrons. The molecule has 6 nitrogen and oxygen atoms in total. The number of nitrogens with one attached hydrogen (secondary N) is 1. The van der Waals surface area contributed by atoms with E-state index in [0.717, 1.165) is 15.8 Å². The van der Waals surface area contributed by atoms with Crippen molar-refractivity contribution in [3.05, 3.63) is 136 Å². The Kier molecular flexibility index (Phi) is 7.47. The van der Waals surface area contributed by atoms with Crippen molar-refractivity contribution in [3.8, 4) is 5.75 Å². The van der Waals surface area contributed by atoms with Crippen molar-refractivity contribution in [2.75, 3.05) is 5.32 Å². The minimum atomic E-state index is -0.341. The number of rotatable bonds is 9. The van der Waals surface area contributed by atoms with Crippen molar-refractivity contribution in [1.82, 2.24) is 9.78 Å². The fourth-order valence-electron chi connectivity index (χ4n) is 4.21. The van der Waals surface area contributed by atoms with Gasteiger partial charge in [0.1, 0.15) is 18.1 Å². The number of hydrogen-bond acceptors (Lipinski definition) is 4. The Morgan fingerprint density at radius 1 is 0.947 bits per heavy atom. The van der Waals surface area contributed by atoms with Crippen molar-refractivity contribution in [2.24, 2.45) is 0 Å². The van der Waals surface area contributed by atoms with Crippen molar-refractivity contribution in [3.63, 3.8) is 0 Å². The molecular weight excluding hydrogens is 542 g/mol. The quantitative estimate of drug-likeness (QED) is 0.200. The van der Waals surface area contributed by atoms with Crippen LogP contribution >= 0.6 is 15.9 Å². The Bertz CT molecular complexity index is 1500. The molecule has 0 atom stereocenters. The maximum atomic E-state index is 12.7. The normalized spacial score (nSPS) is 11.3. The lowest BCUT2D eigenvalue weighted by Gasteiger charge is -2.26. The van der Waals surface area contributed by atoms with Gasteiger partial charge in [0, 0.05) is 16.1 Å². The van der Waals surface area contributed by atoms with E-state index >= 15 is 0 Å². The van der Waals surface area contributed by atoms with E-state index in [-0.39, 0.29) is 23.7 Å². The molecule has 3 aromatic carbocycles. The fraction of sp³-hybridized carbons (Fsp3) is 0.161. The van der Waals surface area contributed by atoms with Crippen molar-refractivity contribution < 1.29 is 13.9 Å². The van der Waals surface area contributed by atoms with Crippen LogP contribution in [0.15, 0.2) is 112 Å². The summed E-state index contributed by atoms with van der Waals surface area (Å²) in [5.74, 6) is 1.17. The van der Waals surface area contributed by atoms with E-state index in [0.29, 0.717) is 18.0 Å². The molecule has 1 N–H and O–H groups in total. The Hall–Kier alpha value is -4.10. The fourth-order valence-corrected chi connectivity index (χ4v) is 4.47. The van der Waals surface area contributed by atoms with E-state index in [1.165, 1.54) is 11.1 Å². The summed E-state index contributed by atoms with van der Waals surface area (Å²) in [4.78, 5) is 12.7. The molecule has 0 spiro atoms. The minimum absolute atomic E-state index is 0.113. The lowest BCUT2D eigenvalue weighted by molar-refractivity contribution is 0.0992. The van der Waals surface area contributed by atoms with Gasteiger partial charge in [0.2, 0.25) is 0 Å². The van der Waals surface area contributed by atoms with Gasteiger partial charge in [-0.05, 0) is 53.1 Å². The third-order valence-electron chi connectivity index (χ3n) is 6.49. The minimum Gasteiger partial charge on any atom is -0.486 e. The second-order valence-corrected chi connectivity index (χ2v) is 10.5. The summed E-state index contributed by atoms with van der Waals surface area (Å²) >= 11 is 3.44. The average molecular weight is 570 g/mol. The molecule has 0 radical (unpaired) electrons. The SMILES string of the molecule is CC(C)(c1ccccc1)c1ccc(OCc2ccc(C(=O)Nc3cnn(Cc4ccc(Br)cc4)c3)o2)cc1. The number of anilines is 1. The first-order chi connectivity index (χ1) is 18.4. The van der Waals surface area contributed by atoms with Gasteiger partial charge < -0.3 is 14.5 Å². The third kappa shape index (κ3) is 6.06. The third-order valence-corrected chi connectivity index (χ3v) is 7.02. The van der Waals surface area contributed by atoms with Crippen LogP contribution in [-0.4, -0.2) is 15.7 Å². The predicted molar refractivity (Wildman–Crippen MR) is 151 cm³/mol. The maximum absolute atomic E-state index is 12.7. The average Bonchev–Trinajstić information content (AvgIpc) is 3.59. The summed E-state index contributed by atoms with van der Waals surface area (Å²) in [7, 11) is 0. The highest BCUT2D eigenvalue weighted by molar-refractivity contribution is 9.10. The summed E-state index contributed by atoms with van der Waals surface area (Å²) in [6.07, 6.45) is 3.40. The van der Waals surface area contributed by atoms with Crippen LogP contribution in [0.4, 0.5) is 5.69 Å². The molecule has 0 aliphatic carbocycles. The van der Waals surface area contributed by atoms with E-state index in [1.54, 1.807) is 29.2 Å². The molecule has 1 amide bonds. The standard InChI is InChI=1S/C31H28BrN3O3/c1-31(2,23-6-4-3-5-7-23)24-10-14-27(15-11-24)37-21-28-16-17-29(38-28)30(36)34-26-18-33-35(20-26)19-22-8-12-25(32)13-9-22/h3-18,20H,19,21H2,1-2H3,(H,34,36). The Morgan fingerprint density at radius 3 is 2.39 bits per heavy atom. The van der Waals surface area contributed by atoms with Crippen LogP contribution in [0.3, 0.4) is 0 Å². The van der Waals surface area contributed by atoms with Gasteiger partial charge in [-0.15, -0.1) is 0 Å². The van der Waals surface area contributed by atoms with Gasteiger partial charge in [-0.1, -0.05) is 84.4 Å². The van der Waals surface area contributed by atoms with Gasteiger partial charge in [-0.3, -0.25) is 9.48 Å². The maximum Gasteiger partial charge on any atom is 0.291 e. The topological polar surface area (TPSA) is 69.3 Å². The zero-order valence-electron chi connectivity index (χ0n) is 21.2. The second kappa shape index (κ2) is 11.1. The molecule has 0 saturated carbocycles. The predicted octanol–water partition coefficient (Wildman–Crippen LogP) is 7.44. The van der Waals surface area contributed by atoms with Crippen LogP contribution in [0.5, 0.6) is 5.75 Å².